The van der Waals surface area contributed by atoms with Crippen molar-refractivity contribution < 1.29 is 24.2 Å². The van der Waals surface area contributed by atoms with Gasteiger partial charge >= 0.3 is 11.9 Å². The molecule has 0 aromatic rings. The molecule has 1 unspecified atom stereocenters. The average molecular weight is 384 g/mol. The van der Waals surface area contributed by atoms with Gasteiger partial charge in [-0.05, 0) is 54.4 Å². The normalized spacial score (nSPS) is 17.0. The van der Waals surface area contributed by atoms with Gasteiger partial charge in [-0.1, -0.05) is 19.1 Å². The van der Waals surface area contributed by atoms with Crippen LogP contribution in [-0.4, -0.2) is 59.9 Å². The van der Waals surface area contributed by atoms with E-state index in [9.17, 15) is 9.59 Å². The zero-order valence-electron chi connectivity index (χ0n) is 17.9. The lowest BCUT2D eigenvalue weighted by Crippen LogP contribution is -2.39. The van der Waals surface area contributed by atoms with Gasteiger partial charge < -0.3 is 14.6 Å². The number of rotatable bonds is 10. The highest BCUT2D eigenvalue weighted by molar-refractivity contribution is 5.87. The van der Waals surface area contributed by atoms with Crippen molar-refractivity contribution in [2.45, 2.75) is 79.5 Å². The van der Waals surface area contributed by atoms with Crippen molar-refractivity contribution in [2.24, 2.45) is 0 Å². The SMILES string of the molecule is CC(=CCC1CO1)C(=O)O.CCC=C(C)C(=O)OCCN(C(C)C)C(C)C. The Bertz CT molecular complexity index is 511. The number of ether oxygens (including phenoxy) is 2. The van der Waals surface area contributed by atoms with E-state index in [0.29, 0.717) is 29.8 Å². The van der Waals surface area contributed by atoms with E-state index in [1.807, 2.05) is 13.0 Å². The number of hydrogen-bond acceptors (Lipinski definition) is 5. The standard InChI is InChI=1S/C14H27NO2.C7H10O3/c1-7-8-13(6)14(16)17-10-9-15(11(2)3)12(4)5;1-5(7(8)9)2-3-6-4-10-6/h8,11-12H,7,9-10H2,1-6H3;2,6H,3-4H2,1H3,(H,8,9). The van der Waals surface area contributed by atoms with Crippen LogP contribution in [0.1, 0.15) is 61.3 Å². The second-order valence-electron chi connectivity index (χ2n) is 7.24. The third kappa shape index (κ3) is 12.4. The van der Waals surface area contributed by atoms with Crippen molar-refractivity contribution in [3.05, 3.63) is 23.3 Å². The van der Waals surface area contributed by atoms with E-state index < -0.39 is 5.97 Å². The molecular formula is C21H37NO5. The minimum absolute atomic E-state index is 0.195. The molecule has 0 aromatic carbocycles. The molecule has 0 saturated carbocycles. The molecule has 0 radical (unpaired) electrons. The maximum Gasteiger partial charge on any atom is 0.333 e. The first kappa shape index (κ1) is 25.3. The van der Waals surface area contributed by atoms with Crippen LogP contribution in [0.2, 0.25) is 0 Å². The predicted octanol–water partition coefficient (Wildman–Crippen LogP) is 3.81. The molecule has 6 nitrogen and oxygen atoms in total. The Hall–Kier alpha value is -1.66. The molecule has 0 spiro atoms. The summed E-state index contributed by atoms with van der Waals surface area (Å²) in [7, 11) is 0. The predicted molar refractivity (Wildman–Crippen MR) is 108 cm³/mol. The average Bonchev–Trinajstić information content (AvgIpc) is 3.40. The van der Waals surface area contributed by atoms with Crippen LogP contribution in [0.3, 0.4) is 0 Å². The lowest BCUT2D eigenvalue weighted by molar-refractivity contribution is -0.139. The number of aliphatic carboxylic acids is 1. The second-order valence-corrected chi connectivity index (χ2v) is 7.24. The molecule has 1 heterocycles. The molecule has 0 amide bonds. The molecule has 1 aliphatic heterocycles. The van der Waals surface area contributed by atoms with E-state index >= 15 is 0 Å². The molecule has 1 atom stereocenters. The largest absolute Gasteiger partial charge is 0.478 e. The molecule has 1 N–H and O–H groups in total. The van der Waals surface area contributed by atoms with Crippen molar-refractivity contribution in [3.8, 4) is 0 Å². The summed E-state index contributed by atoms with van der Waals surface area (Å²) in [5.41, 5.74) is 1.10. The minimum Gasteiger partial charge on any atom is -0.478 e. The highest BCUT2D eigenvalue weighted by atomic mass is 16.6. The zero-order valence-corrected chi connectivity index (χ0v) is 17.9. The van der Waals surface area contributed by atoms with Crippen molar-refractivity contribution >= 4 is 11.9 Å². The van der Waals surface area contributed by atoms with Gasteiger partial charge in [0.15, 0.2) is 0 Å². The summed E-state index contributed by atoms with van der Waals surface area (Å²) in [5.74, 6) is -1.04. The minimum atomic E-state index is -0.847. The Morgan fingerprint density at radius 3 is 2.11 bits per heavy atom. The van der Waals surface area contributed by atoms with Gasteiger partial charge in [-0.3, -0.25) is 4.90 Å². The van der Waals surface area contributed by atoms with Crippen LogP contribution in [0.25, 0.3) is 0 Å². The lowest BCUT2D eigenvalue weighted by atomic mass is 10.2. The summed E-state index contributed by atoms with van der Waals surface area (Å²) in [5, 5.41) is 8.41. The van der Waals surface area contributed by atoms with Gasteiger partial charge in [0, 0.05) is 29.8 Å². The summed E-state index contributed by atoms with van der Waals surface area (Å²) in [6, 6.07) is 0.946. The molecular weight excluding hydrogens is 346 g/mol. The molecule has 1 rings (SSSR count). The van der Waals surface area contributed by atoms with Crippen molar-refractivity contribution in [1.82, 2.24) is 4.90 Å². The third-order valence-corrected chi connectivity index (χ3v) is 4.17. The fourth-order valence-electron chi connectivity index (χ4n) is 2.46. The zero-order chi connectivity index (χ0) is 21.0. The molecule has 0 aliphatic carbocycles. The van der Waals surface area contributed by atoms with Crippen molar-refractivity contribution in [2.75, 3.05) is 19.8 Å². The topological polar surface area (TPSA) is 79.4 Å². The molecule has 1 saturated heterocycles. The van der Waals surface area contributed by atoms with E-state index in [1.165, 1.54) is 0 Å². The number of carbonyl (C=O) groups is 2. The first-order valence-corrected chi connectivity index (χ1v) is 9.71. The molecule has 1 fully saturated rings. The van der Waals surface area contributed by atoms with Gasteiger partial charge in [-0.2, -0.15) is 0 Å². The van der Waals surface area contributed by atoms with E-state index in [4.69, 9.17) is 14.6 Å². The summed E-state index contributed by atoms with van der Waals surface area (Å²) < 4.78 is 10.1. The number of epoxide rings is 1. The summed E-state index contributed by atoms with van der Waals surface area (Å²) in [6.45, 7) is 16.1. The Morgan fingerprint density at radius 1 is 1.15 bits per heavy atom. The number of esters is 1. The second kappa shape index (κ2) is 13.5. The van der Waals surface area contributed by atoms with Crippen LogP contribution >= 0.6 is 0 Å². The van der Waals surface area contributed by atoms with Crippen LogP contribution in [0.4, 0.5) is 0 Å². The highest BCUT2D eigenvalue weighted by Gasteiger charge is 2.20. The fraction of sp³-hybridized carbons (Fsp3) is 0.714. The lowest BCUT2D eigenvalue weighted by Gasteiger charge is -2.30. The molecule has 0 bridgehead atoms. The number of nitrogens with zero attached hydrogens (tertiary/aromatic N) is 1. The number of hydrogen-bond donors (Lipinski definition) is 1. The molecule has 27 heavy (non-hydrogen) atoms. The van der Waals surface area contributed by atoms with Crippen molar-refractivity contribution in [1.29, 1.82) is 0 Å². The first-order chi connectivity index (χ1) is 12.6. The maximum absolute atomic E-state index is 11.5. The number of allylic oxidation sites excluding steroid dienone is 1. The molecule has 0 aromatic heterocycles. The number of carboxylic acids is 1. The van der Waals surface area contributed by atoms with E-state index in [2.05, 4.69) is 32.6 Å². The Labute approximate surface area is 164 Å². The van der Waals surface area contributed by atoms with E-state index in [-0.39, 0.29) is 12.1 Å². The Balaban J connectivity index is 0.000000569. The third-order valence-electron chi connectivity index (χ3n) is 4.17. The van der Waals surface area contributed by atoms with E-state index in [1.54, 1.807) is 19.9 Å². The van der Waals surface area contributed by atoms with Crippen LogP contribution in [0.15, 0.2) is 23.3 Å². The quantitative estimate of drug-likeness (QED) is 0.351. The summed E-state index contributed by atoms with van der Waals surface area (Å²) in [4.78, 5) is 24.1. The first-order valence-electron chi connectivity index (χ1n) is 9.71. The smallest absolute Gasteiger partial charge is 0.333 e. The molecule has 1 aliphatic rings. The molecule has 156 valence electrons. The van der Waals surface area contributed by atoms with Gasteiger partial charge in [0.1, 0.15) is 6.61 Å². The summed E-state index contributed by atoms with van der Waals surface area (Å²) in [6.07, 6.45) is 5.48. The van der Waals surface area contributed by atoms with Crippen LogP contribution in [-0.2, 0) is 19.1 Å². The Morgan fingerprint density at radius 2 is 1.70 bits per heavy atom. The highest BCUT2D eigenvalue weighted by Crippen LogP contribution is 2.14. The van der Waals surface area contributed by atoms with Crippen LogP contribution in [0.5, 0.6) is 0 Å². The van der Waals surface area contributed by atoms with Gasteiger partial charge in [0.05, 0.1) is 12.7 Å². The number of carbonyl (C=O) groups excluding carboxylic acids is 1. The Kier molecular flexibility index (Phi) is 12.7. The van der Waals surface area contributed by atoms with Gasteiger partial charge in [0.25, 0.3) is 0 Å². The van der Waals surface area contributed by atoms with Gasteiger partial charge in [-0.15, -0.1) is 0 Å². The maximum atomic E-state index is 11.5. The van der Waals surface area contributed by atoms with Crippen LogP contribution < -0.4 is 0 Å². The fourth-order valence-corrected chi connectivity index (χ4v) is 2.46. The van der Waals surface area contributed by atoms with Gasteiger partial charge in [-0.25, -0.2) is 9.59 Å². The van der Waals surface area contributed by atoms with Crippen molar-refractivity contribution in [3.63, 3.8) is 0 Å². The van der Waals surface area contributed by atoms with Gasteiger partial charge in [0.2, 0.25) is 0 Å². The van der Waals surface area contributed by atoms with E-state index in [0.717, 1.165) is 26.0 Å². The number of carboxylic acid groups (broad SMARTS) is 1. The monoisotopic (exact) mass is 383 g/mol. The summed E-state index contributed by atoms with van der Waals surface area (Å²) >= 11 is 0. The van der Waals surface area contributed by atoms with Crippen LogP contribution in [0, 0.1) is 0 Å². The molecule has 6 heteroatoms.